The summed E-state index contributed by atoms with van der Waals surface area (Å²) in [5.74, 6) is -2.52. The highest BCUT2D eigenvalue weighted by Gasteiger charge is 2.43. The van der Waals surface area contributed by atoms with Gasteiger partial charge in [0.25, 0.3) is 15.7 Å². The van der Waals surface area contributed by atoms with E-state index in [-0.39, 0.29) is 33.4 Å². The first-order valence-corrected chi connectivity index (χ1v) is 11.8. The Hall–Kier alpha value is -4.32. The Balaban J connectivity index is 1.70. The lowest BCUT2D eigenvalue weighted by Crippen LogP contribution is -2.23. The van der Waals surface area contributed by atoms with Gasteiger partial charge in [-0.25, -0.2) is 23.1 Å². The van der Waals surface area contributed by atoms with E-state index in [1.54, 1.807) is 19.9 Å². The molecular weight excluding hydrogens is 474 g/mol. The number of nitrogens with one attached hydrogen (secondary N) is 1. The highest BCUT2D eigenvalue weighted by molar-refractivity contribution is 7.92. The zero-order valence-corrected chi connectivity index (χ0v) is 19.7. The van der Waals surface area contributed by atoms with Gasteiger partial charge in [-0.3, -0.25) is 24.7 Å². The highest BCUT2D eigenvalue weighted by Crippen LogP contribution is 2.36. The van der Waals surface area contributed by atoms with E-state index < -0.39 is 38.1 Å². The maximum Gasteiger partial charge on any atom is 0.280 e. The number of nitro groups is 1. The standard InChI is InChI=1S/C23H19N5O6S/c1-12-11-13(2)25-23(24-12)27-35(33,34)16-9-7-15(8-10-16)26-21-17-5-4-6-18(28(31)32)20(17)22(30)19(21)14(3)29/h4-11,19H,1-3H3,(H,24,25,27). The minimum Gasteiger partial charge on any atom is -0.299 e. The summed E-state index contributed by atoms with van der Waals surface area (Å²) in [6.45, 7) is 4.65. The molecule has 2 aromatic carbocycles. The SMILES string of the molecule is CC(=O)C1C(=O)c2c(cccc2[N+](=O)[O-])C1=Nc1ccc(S(=O)(=O)Nc2nc(C)cc(C)n2)cc1. The van der Waals surface area contributed by atoms with Gasteiger partial charge in [-0.2, -0.15) is 0 Å². The lowest BCUT2D eigenvalue weighted by molar-refractivity contribution is -0.385. The number of aryl methyl sites for hydroxylation is 2. The number of hydrogen-bond donors (Lipinski definition) is 1. The van der Waals surface area contributed by atoms with Gasteiger partial charge in [0.1, 0.15) is 17.3 Å². The van der Waals surface area contributed by atoms with Gasteiger partial charge in [-0.05, 0) is 51.1 Å². The molecule has 0 saturated heterocycles. The largest absolute Gasteiger partial charge is 0.299 e. The summed E-state index contributed by atoms with van der Waals surface area (Å²) in [5.41, 5.74) is 1.20. The average Bonchev–Trinajstić information content (AvgIpc) is 3.05. The number of aliphatic imine (C=N–C) groups is 1. The first-order valence-electron chi connectivity index (χ1n) is 10.3. The van der Waals surface area contributed by atoms with Crippen LogP contribution in [0.4, 0.5) is 17.3 Å². The normalized spacial score (nSPS) is 16.3. The van der Waals surface area contributed by atoms with Crippen LogP contribution in [0.25, 0.3) is 0 Å². The van der Waals surface area contributed by atoms with E-state index in [1.165, 1.54) is 49.4 Å². The summed E-state index contributed by atoms with van der Waals surface area (Å²) in [6, 6.07) is 11.2. The molecule has 1 unspecified atom stereocenters. The second-order valence-corrected chi connectivity index (χ2v) is 9.62. The van der Waals surface area contributed by atoms with Crippen LogP contribution in [0.2, 0.25) is 0 Å². The van der Waals surface area contributed by atoms with E-state index in [4.69, 9.17) is 0 Å². The Morgan fingerprint density at radius 3 is 2.29 bits per heavy atom. The molecule has 35 heavy (non-hydrogen) atoms. The van der Waals surface area contributed by atoms with Crippen LogP contribution in [0.5, 0.6) is 0 Å². The van der Waals surface area contributed by atoms with Crippen molar-refractivity contribution in [1.29, 1.82) is 0 Å². The number of hydrogen-bond acceptors (Lipinski definition) is 9. The number of fused-ring (bicyclic) bond motifs is 1. The number of sulfonamides is 1. The third kappa shape index (κ3) is 4.55. The molecule has 0 saturated carbocycles. The van der Waals surface area contributed by atoms with E-state index in [0.717, 1.165) is 0 Å². The minimum atomic E-state index is -3.99. The second-order valence-electron chi connectivity index (χ2n) is 7.94. The van der Waals surface area contributed by atoms with Gasteiger partial charge >= 0.3 is 0 Å². The van der Waals surface area contributed by atoms with Crippen LogP contribution in [0, 0.1) is 29.9 Å². The molecule has 0 spiro atoms. The average molecular weight is 494 g/mol. The van der Waals surface area contributed by atoms with Gasteiger partial charge in [-0.1, -0.05) is 12.1 Å². The lowest BCUT2D eigenvalue weighted by Gasteiger charge is -2.09. The van der Waals surface area contributed by atoms with E-state index >= 15 is 0 Å². The molecule has 0 radical (unpaired) electrons. The van der Waals surface area contributed by atoms with Crippen molar-refractivity contribution in [1.82, 2.24) is 9.97 Å². The fourth-order valence-electron chi connectivity index (χ4n) is 3.88. The molecule has 1 atom stereocenters. The molecule has 12 heteroatoms. The zero-order chi connectivity index (χ0) is 25.5. The zero-order valence-electron chi connectivity index (χ0n) is 18.8. The predicted molar refractivity (Wildman–Crippen MR) is 127 cm³/mol. The Morgan fingerprint density at radius 2 is 1.71 bits per heavy atom. The van der Waals surface area contributed by atoms with Crippen LogP contribution in [-0.2, 0) is 14.8 Å². The van der Waals surface area contributed by atoms with Gasteiger partial charge in [0, 0.05) is 23.0 Å². The minimum absolute atomic E-state index is 0.0567. The molecule has 3 aromatic rings. The maximum absolute atomic E-state index is 12.9. The number of Topliss-reactive ketones (excluding diaryl/α,β-unsaturated/α-hetero) is 2. The number of rotatable bonds is 6. The molecule has 1 aliphatic carbocycles. The predicted octanol–water partition coefficient (Wildman–Crippen LogP) is 3.32. The van der Waals surface area contributed by atoms with Gasteiger partial charge in [0.2, 0.25) is 5.95 Å². The summed E-state index contributed by atoms with van der Waals surface area (Å²) in [5, 5.41) is 11.4. The van der Waals surface area contributed by atoms with Crippen LogP contribution in [0.15, 0.2) is 58.4 Å². The molecule has 1 N–H and O–H groups in total. The summed E-state index contributed by atoms with van der Waals surface area (Å²) >= 11 is 0. The summed E-state index contributed by atoms with van der Waals surface area (Å²) in [6.07, 6.45) is 0. The first-order chi connectivity index (χ1) is 16.5. The van der Waals surface area contributed by atoms with Crippen LogP contribution in [0.1, 0.15) is 34.2 Å². The lowest BCUT2D eigenvalue weighted by atomic mass is 9.99. The van der Waals surface area contributed by atoms with Gasteiger partial charge in [-0.15, -0.1) is 0 Å². The Kier molecular flexibility index (Phi) is 5.99. The Labute approximate surface area is 200 Å². The molecule has 178 valence electrons. The highest BCUT2D eigenvalue weighted by atomic mass is 32.2. The van der Waals surface area contributed by atoms with Gasteiger partial charge in [0.15, 0.2) is 5.78 Å². The van der Waals surface area contributed by atoms with Gasteiger partial charge in [0.05, 0.1) is 21.2 Å². The summed E-state index contributed by atoms with van der Waals surface area (Å²) in [4.78, 5) is 48.3. The molecule has 0 fully saturated rings. The number of benzene rings is 2. The number of anilines is 1. The third-order valence-electron chi connectivity index (χ3n) is 5.31. The van der Waals surface area contributed by atoms with Crippen LogP contribution < -0.4 is 4.72 Å². The molecule has 11 nitrogen and oxygen atoms in total. The van der Waals surface area contributed by atoms with Crippen molar-refractivity contribution < 1.29 is 22.9 Å². The smallest absolute Gasteiger partial charge is 0.280 e. The van der Waals surface area contributed by atoms with Crippen LogP contribution >= 0.6 is 0 Å². The van der Waals surface area contributed by atoms with Crippen molar-refractivity contribution in [3.63, 3.8) is 0 Å². The van der Waals surface area contributed by atoms with Crippen molar-refractivity contribution in [2.24, 2.45) is 10.9 Å². The van der Waals surface area contributed by atoms with Crippen LogP contribution in [0.3, 0.4) is 0 Å². The van der Waals surface area contributed by atoms with E-state index in [9.17, 15) is 28.1 Å². The van der Waals surface area contributed by atoms with Crippen molar-refractivity contribution in [2.75, 3.05) is 4.72 Å². The number of aromatic nitrogens is 2. The molecule has 0 bridgehead atoms. The Bertz CT molecular complexity index is 1510. The van der Waals surface area contributed by atoms with Crippen molar-refractivity contribution in [3.05, 3.63) is 81.2 Å². The molecule has 4 rings (SSSR count). The monoisotopic (exact) mass is 493 g/mol. The Morgan fingerprint density at radius 1 is 1.09 bits per heavy atom. The number of carbonyl (C=O) groups is 2. The number of ketones is 2. The first kappa shape index (κ1) is 23.8. The summed E-state index contributed by atoms with van der Waals surface area (Å²) in [7, 11) is -3.99. The number of carbonyl (C=O) groups excluding carboxylic acids is 2. The number of nitro benzene ring substituents is 1. The second kappa shape index (κ2) is 8.80. The van der Waals surface area contributed by atoms with Crippen molar-refractivity contribution in [3.8, 4) is 0 Å². The fraction of sp³-hybridized carbons (Fsp3) is 0.174. The van der Waals surface area contributed by atoms with Crippen LogP contribution in [-0.4, -0.2) is 40.6 Å². The molecule has 1 aromatic heterocycles. The van der Waals surface area contributed by atoms with E-state index in [1.807, 2.05) is 0 Å². The topological polar surface area (TPSA) is 162 Å². The summed E-state index contributed by atoms with van der Waals surface area (Å²) < 4.78 is 27.8. The molecule has 1 aliphatic rings. The van der Waals surface area contributed by atoms with E-state index in [0.29, 0.717) is 11.4 Å². The van der Waals surface area contributed by atoms with E-state index in [2.05, 4.69) is 19.7 Å². The van der Waals surface area contributed by atoms with Crippen molar-refractivity contribution >= 4 is 44.6 Å². The molecular formula is C23H19N5O6S. The molecule has 0 amide bonds. The number of nitrogens with zero attached hydrogens (tertiary/aromatic N) is 4. The molecule has 1 heterocycles. The van der Waals surface area contributed by atoms with Gasteiger partial charge < -0.3 is 0 Å². The quantitative estimate of drug-likeness (QED) is 0.311. The van der Waals surface area contributed by atoms with Crippen molar-refractivity contribution in [2.45, 2.75) is 25.7 Å². The molecule has 0 aliphatic heterocycles. The fourth-order valence-corrected chi connectivity index (χ4v) is 4.82. The maximum atomic E-state index is 12.9. The third-order valence-corrected chi connectivity index (χ3v) is 6.65.